The zero-order chi connectivity index (χ0) is 15.4. The Labute approximate surface area is 132 Å². The van der Waals surface area contributed by atoms with Gasteiger partial charge in [0.2, 0.25) is 0 Å². The molecule has 0 amide bonds. The van der Waals surface area contributed by atoms with Gasteiger partial charge in [-0.2, -0.15) is 0 Å². The third-order valence-electron chi connectivity index (χ3n) is 4.44. The summed E-state index contributed by atoms with van der Waals surface area (Å²) < 4.78 is 2.27. The van der Waals surface area contributed by atoms with Crippen LogP contribution in [-0.4, -0.2) is 45.8 Å². The van der Waals surface area contributed by atoms with Gasteiger partial charge in [0.15, 0.2) is 0 Å². The highest BCUT2D eigenvalue weighted by molar-refractivity contribution is 5.15. The number of aryl methyl sites for hydroxylation is 1. The van der Waals surface area contributed by atoms with Crippen molar-refractivity contribution in [1.29, 1.82) is 0 Å². The molecule has 1 aromatic heterocycles. The lowest BCUT2D eigenvalue weighted by Crippen LogP contribution is -2.36. The average molecular weight is 299 g/mol. The first-order chi connectivity index (χ1) is 10.7. The molecule has 0 bridgehead atoms. The number of hydrogen-bond acceptors (Lipinski definition) is 3. The molecule has 0 saturated carbocycles. The minimum atomic E-state index is -0.306. The van der Waals surface area contributed by atoms with E-state index in [1.165, 1.54) is 17.8 Å². The maximum atomic E-state index is 10.3. The summed E-state index contributed by atoms with van der Waals surface area (Å²) in [5.41, 5.74) is 1.20. The molecule has 4 heteroatoms. The van der Waals surface area contributed by atoms with E-state index in [0.717, 1.165) is 32.5 Å². The van der Waals surface area contributed by atoms with Gasteiger partial charge in [-0.15, -0.1) is 0 Å². The van der Waals surface area contributed by atoms with E-state index in [1.807, 2.05) is 24.4 Å². The highest BCUT2D eigenvalue weighted by Gasteiger charge is 2.20. The predicted octanol–water partition coefficient (Wildman–Crippen LogP) is 1.98. The topological polar surface area (TPSA) is 41.3 Å². The summed E-state index contributed by atoms with van der Waals surface area (Å²) in [5, 5.41) is 10.3. The van der Waals surface area contributed by atoms with Gasteiger partial charge in [0.25, 0.3) is 0 Å². The van der Waals surface area contributed by atoms with E-state index in [2.05, 4.69) is 39.8 Å². The molecule has 2 unspecified atom stereocenters. The molecule has 0 radical (unpaired) electrons. The fourth-order valence-corrected chi connectivity index (χ4v) is 3.41. The minimum Gasteiger partial charge on any atom is -0.391 e. The Morgan fingerprint density at radius 3 is 3.00 bits per heavy atom. The molecule has 2 aromatic rings. The smallest absolute Gasteiger partial charge is 0.108 e. The third kappa shape index (κ3) is 3.96. The van der Waals surface area contributed by atoms with Crippen molar-refractivity contribution in [3.05, 3.63) is 54.1 Å². The number of nitrogens with zero attached hydrogens (tertiary/aromatic N) is 3. The molecule has 1 aliphatic rings. The fraction of sp³-hybridized carbons (Fsp3) is 0.500. The molecule has 22 heavy (non-hydrogen) atoms. The Morgan fingerprint density at radius 1 is 1.36 bits per heavy atom. The summed E-state index contributed by atoms with van der Waals surface area (Å²) in [4.78, 5) is 6.64. The molecule has 1 N–H and O–H groups in total. The molecule has 0 spiro atoms. The van der Waals surface area contributed by atoms with Gasteiger partial charge in [0.05, 0.1) is 6.10 Å². The zero-order valence-electron chi connectivity index (χ0n) is 13.2. The molecule has 2 atom stereocenters. The molecule has 118 valence electrons. The summed E-state index contributed by atoms with van der Waals surface area (Å²) in [6, 6.07) is 10.2. The SMILES string of the molecule is CN(CC(O)Cc1ccccc1)CC1CCc2nccn2C1. The van der Waals surface area contributed by atoms with Gasteiger partial charge in [-0.25, -0.2) is 4.98 Å². The van der Waals surface area contributed by atoms with Crippen LogP contribution in [0.25, 0.3) is 0 Å². The van der Waals surface area contributed by atoms with Crippen LogP contribution in [0.2, 0.25) is 0 Å². The van der Waals surface area contributed by atoms with E-state index in [1.54, 1.807) is 0 Å². The third-order valence-corrected chi connectivity index (χ3v) is 4.44. The van der Waals surface area contributed by atoms with E-state index in [9.17, 15) is 5.11 Å². The number of aromatic nitrogens is 2. The van der Waals surface area contributed by atoms with Crippen LogP contribution in [0.5, 0.6) is 0 Å². The van der Waals surface area contributed by atoms with Crippen LogP contribution in [0.1, 0.15) is 17.8 Å². The van der Waals surface area contributed by atoms with Gasteiger partial charge < -0.3 is 14.6 Å². The van der Waals surface area contributed by atoms with E-state index in [4.69, 9.17) is 0 Å². The highest BCUT2D eigenvalue weighted by atomic mass is 16.3. The number of imidazole rings is 1. The monoisotopic (exact) mass is 299 g/mol. The van der Waals surface area contributed by atoms with Crippen molar-refractivity contribution in [2.45, 2.75) is 31.9 Å². The summed E-state index contributed by atoms with van der Waals surface area (Å²) in [6.45, 7) is 2.81. The molecule has 1 aliphatic heterocycles. The second-order valence-electron chi connectivity index (χ2n) is 6.47. The number of aliphatic hydroxyl groups excluding tert-OH is 1. The number of rotatable bonds is 6. The van der Waals surface area contributed by atoms with Crippen LogP contribution in [0.15, 0.2) is 42.7 Å². The van der Waals surface area contributed by atoms with Crippen molar-refractivity contribution in [3.63, 3.8) is 0 Å². The Balaban J connectivity index is 1.45. The maximum absolute atomic E-state index is 10.3. The Hall–Kier alpha value is -1.65. The zero-order valence-corrected chi connectivity index (χ0v) is 13.2. The van der Waals surface area contributed by atoms with Crippen molar-refractivity contribution in [1.82, 2.24) is 14.5 Å². The number of benzene rings is 1. The van der Waals surface area contributed by atoms with Crippen molar-refractivity contribution in [2.75, 3.05) is 20.1 Å². The van der Waals surface area contributed by atoms with Crippen LogP contribution < -0.4 is 0 Å². The van der Waals surface area contributed by atoms with Crippen molar-refractivity contribution < 1.29 is 5.11 Å². The lowest BCUT2D eigenvalue weighted by molar-refractivity contribution is 0.112. The first-order valence-corrected chi connectivity index (χ1v) is 8.11. The van der Waals surface area contributed by atoms with Gasteiger partial charge in [-0.3, -0.25) is 0 Å². The Kier molecular flexibility index (Phi) is 4.90. The summed E-state index contributed by atoms with van der Waals surface area (Å²) in [5.74, 6) is 1.86. The molecule has 3 rings (SSSR count). The first-order valence-electron chi connectivity index (χ1n) is 8.11. The van der Waals surface area contributed by atoms with Gasteiger partial charge in [0, 0.05) is 38.4 Å². The van der Waals surface area contributed by atoms with Crippen molar-refractivity contribution >= 4 is 0 Å². The van der Waals surface area contributed by atoms with E-state index < -0.39 is 0 Å². The van der Waals surface area contributed by atoms with E-state index >= 15 is 0 Å². The van der Waals surface area contributed by atoms with Crippen LogP contribution in [0.3, 0.4) is 0 Å². The molecular formula is C18H25N3O. The molecule has 2 heterocycles. The first kappa shape index (κ1) is 15.3. The number of hydrogen-bond donors (Lipinski definition) is 1. The lowest BCUT2D eigenvalue weighted by Gasteiger charge is -2.29. The minimum absolute atomic E-state index is 0.306. The summed E-state index contributed by atoms with van der Waals surface area (Å²) >= 11 is 0. The predicted molar refractivity (Wildman–Crippen MR) is 87.7 cm³/mol. The van der Waals surface area contributed by atoms with Gasteiger partial charge in [-0.05, 0) is 31.4 Å². The molecule has 0 saturated heterocycles. The van der Waals surface area contributed by atoms with Gasteiger partial charge >= 0.3 is 0 Å². The second kappa shape index (κ2) is 7.07. The maximum Gasteiger partial charge on any atom is 0.108 e. The largest absolute Gasteiger partial charge is 0.391 e. The van der Waals surface area contributed by atoms with Crippen molar-refractivity contribution in [3.8, 4) is 0 Å². The van der Waals surface area contributed by atoms with Crippen molar-refractivity contribution in [2.24, 2.45) is 5.92 Å². The Bertz CT molecular complexity index is 581. The average Bonchev–Trinajstić information content (AvgIpc) is 2.95. The van der Waals surface area contributed by atoms with Crippen LogP contribution in [0.4, 0.5) is 0 Å². The van der Waals surface area contributed by atoms with Gasteiger partial charge in [0.1, 0.15) is 5.82 Å². The Morgan fingerprint density at radius 2 is 2.18 bits per heavy atom. The molecule has 0 aliphatic carbocycles. The van der Waals surface area contributed by atoms with Gasteiger partial charge in [-0.1, -0.05) is 30.3 Å². The van der Waals surface area contributed by atoms with Crippen LogP contribution >= 0.6 is 0 Å². The molecule has 4 nitrogen and oxygen atoms in total. The number of likely N-dealkylation sites (N-methyl/N-ethyl adjacent to an activating group) is 1. The summed E-state index contributed by atoms with van der Waals surface area (Å²) in [6.07, 6.45) is 6.65. The number of fused-ring (bicyclic) bond motifs is 1. The quantitative estimate of drug-likeness (QED) is 0.887. The molecule has 0 fully saturated rings. The van der Waals surface area contributed by atoms with Crippen LogP contribution in [-0.2, 0) is 19.4 Å². The lowest BCUT2D eigenvalue weighted by atomic mass is 9.98. The van der Waals surface area contributed by atoms with E-state index in [-0.39, 0.29) is 6.10 Å². The fourth-order valence-electron chi connectivity index (χ4n) is 3.41. The van der Waals surface area contributed by atoms with E-state index in [0.29, 0.717) is 5.92 Å². The molecular weight excluding hydrogens is 274 g/mol. The number of aliphatic hydroxyl groups is 1. The summed E-state index contributed by atoms with van der Waals surface area (Å²) in [7, 11) is 2.11. The normalized spacial score (nSPS) is 19.1. The van der Waals surface area contributed by atoms with Crippen LogP contribution in [0, 0.1) is 5.92 Å². The standard InChI is InChI=1S/C18H25N3O/c1-20(14-17(22)11-15-5-3-2-4-6-15)12-16-7-8-18-19-9-10-21(18)13-16/h2-6,9-10,16-17,22H,7-8,11-14H2,1H3. The molecule has 1 aromatic carbocycles. The second-order valence-corrected chi connectivity index (χ2v) is 6.47. The highest BCUT2D eigenvalue weighted by Crippen LogP contribution is 2.19.